The second kappa shape index (κ2) is 9.23. The minimum atomic E-state index is -0.452. The number of rotatable bonds is 6. The molecule has 0 aliphatic heterocycles. The number of alkyl carbamates (subject to hydrolysis) is 1. The Kier molecular flexibility index (Phi) is 6.93. The van der Waals surface area contributed by atoms with Gasteiger partial charge in [0.2, 0.25) is 0 Å². The molecule has 1 amide bonds. The standard InChI is InChI=1S/C17H17NO2S2/c19-17(20-12-14-7-3-1-4-8-14)18-11-16(21)22-13-15-9-5-2-6-10-15/h1-10H,11-13H2,(H,18,19). The molecule has 0 atom stereocenters. The van der Waals surface area contributed by atoms with E-state index in [4.69, 9.17) is 17.0 Å². The second-order valence-electron chi connectivity index (χ2n) is 4.56. The van der Waals surface area contributed by atoms with Gasteiger partial charge in [-0.1, -0.05) is 72.9 Å². The number of ether oxygens (including phenoxy) is 1. The van der Waals surface area contributed by atoms with E-state index in [0.717, 1.165) is 15.5 Å². The molecule has 1 N–H and O–H groups in total. The number of benzene rings is 2. The minimum absolute atomic E-state index is 0.261. The van der Waals surface area contributed by atoms with Crippen LogP contribution in [-0.4, -0.2) is 16.8 Å². The monoisotopic (exact) mass is 331 g/mol. The van der Waals surface area contributed by atoms with Crippen LogP contribution in [0, 0.1) is 0 Å². The largest absolute Gasteiger partial charge is 0.445 e. The van der Waals surface area contributed by atoms with Gasteiger partial charge in [0.15, 0.2) is 0 Å². The van der Waals surface area contributed by atoms with E-state index in [1.54, 1.807) is 11.8 Å². The van der Waals surface area contributed by atoms with Gasteiger partial charge in [0, 0.05) is 5.75 Å². The molecule has 22 heavy (non-hydrogen) atoms. The van der Waals surface area contributed by atoms with Crippen molar-refractivity contribution in [3.05, 3.63) is 71.8 Å². The molecular weight excluding hydrogens is 314 g/mol. The first-order valence-electron chi connectivity index (χ1n) is 6.88. The van der Waals surface area contributed by atoms with Crippen LogP contribution in [0.1, 0.15) is 11.1 Å². The maximum absolute atomic E-state index is 11.6. The summed E-state index contributed by atoms with van der Waals surface area (Å²) in [6, 6.07) is 19.6. The predicted molar refractivity (Wildman–Crippen MR) is 95.0 cm³/mol. The third-order valence-corrected chi connectivity index (χ3v) is 4.27. The number of hydrogen-bond acceptors (Lipinski definition) is 4. The molecule has 0 aromatic heterocycles. The van der Waals surface area contributed by atoms with Crippen LogP contribution < -0.4 is 5.32 Å². The van der Waals surface area contributed by atoms with Crippen LogP contribution in [0.3, 0.4) is 0 Å². The number of carbonyl (C=O) groups is 1. The fraction of sp³-hybridized carbons (Fsp3) is 0.176. The fourth-order valence-corrected chi connectivity index (χ4v) is 2.65. The fourth-order valence-electron chi connectivity index (χ4n) is 1.71. The van der Waals surface area contributed by atoms with Crippen molar-refractivity contribution in [3.8, 4) is 0 Å². The van der Waals surface area contributed by atoms with Crippen LogP contribution in [0.25, 0.3) is 0 Å². The molecule has 0 aliphatic carbocycles. The number of nitrogens with one attached hydrogen (secondary N) is 1. The molecule has 0 saturated carbocycles. The maximum Gasteiger partial charge on any atom is 0.407 e. The van der Waals surface area contributed by atoms with Crippen molar-refractivity contribution in [1.82, 2.24) is 5.32 Å². The van der Waals surface area contributed by atoms with Gasteiger partial charge in [-0.25, -0.2) is 4.79 Å². The van der Waals surface area contributed by atoms with Gasteiger partial charge in [-0.05, 0) is 11.1 Å². The lowest BCUT2D eigenvalue weighted by atomic mass is 10.2. The van der Waals surface area contributed by atoms with Crippen LogP contribution in [0.2, 0.25) is 0 Å². The molecule has 0 fully saturated rings. The van der Waals surface area contributed by atoms with Gasteiger partial charge in [0.25, 0.3) is 0 Å². The zero-order valence-electron chi connectivity index (χ0n) is 12.0. The third kappa shape index (κ3) is 6.28. The minimum Gasteiger partial charge on any atom is -0.445 e. The lowest BCUT2D eigenvalue weighted by Gasteiger charge is -2.08. The summed E-state index contributed by atoms with van der Waals surface area (Å²) >= 11 is 6.79. The highest BCUT2D eigenvalue weighted by atomic mass is 32.2. The Hall–Kier alpha value is -1.85. The van der Waals surface area contributed by atoms with Gasteiger partial charge in [-0.2, -0.15) is 0 Å². The normalized spacial score (nSPS) is 10.0. The van der Waals surface area contributed by atoms with Gasteiger partial charge >= 0.3 is 6.09 Å². The third-order valence-electron chi connectivity index (χ3n) is 2.83. The lowest BCUT2D eigenvalue weighted by molar-refractivity contribution is 0.141. The van der Waals surface area contributed by atoms with Crippen molar-refractivity contribution >= 4 is 34.3 Å². The van der Waals surface area contributed by atoms with Crippen molar-refractivity contribution in [3.63, 3.8) is 0 Å². The number of carbonyl (C=O) groups excluding carboxylic acids is 1. The Balaban J connectivity index is 1.62. The summed E-state index contributed by atoms with van der Waals surface area (Å²) in [6.45, 7) is 0.594. The van der Waals surface area contributed by atoms with E-state index in [0.29, 0.717) is 6.54 Å². The Labute approximate surface area is 140 Å². The average molecular weight is 331 g/mol. The summed E-state index contributed by atoms with van der Waals surface area (Å²) in [5.41, 5.74) is 2.17. The smallest absolute Gasteiger partial charge is 0.407 e. The van der Waals surface area contributed by atoms with Crippen molar-refractivity contribution < 1.29 is 9.53 Å². The summed E-state index contributed by atoms with van der Waals surface area (Å²) in [6.07, 6.45) is -0.452. The molecule has 0 saturated heterocycles. The highest BCUT2D eigenvalue weighted by molar-refractivity contribution is 8.22. The Morgan fingerprint density at radius 1 is 1.00 bits per heavy atom. The van der Waals surface area contributed by atoms with E-state index < -0.39 is 6.09 Å². The second-order valence-corrected chi connectivity index (χ2v) is 6.38. The van der Waals surface area contributed by atoms with Crippen molar-refractivity contribution in [2.24, 2.45) is 0 Å². The van der Waals surface area contributed by atoms with Crippen molar-refractivity contribution in [1.29, 1.82) is 0 Å². The van der Waals surface area contributed by atoms with Crippen molar-refractivity contribution in [2.45, 2.75) is 12.4 Å². The molecule has 0 unspecified atom stereocenters. The summed E-state index contributed by atoms with van der Waals surface area (Å²) in [5.74, 6) is 0.806. The van der Waals surface area contributed by atoms with Gasteiger partial charge in [0.05, 0.1) is 10.7 Å². The maximum atomic E-state index is 11.6. The van der Waals surface area contributed by atoms with E-state index in [1.165, 1.54) is 5.56 Å². The first-order valence-corrected chi connectivity index (χ1v) is 8.27. The summed E-state index contributed by atoms with van der Waals surface area (Å²) in [4.78, 5) is 11.6. The summed E-state index contributed by atoms with van der Waals surface area (Å²) in [7, 11) is 0. The van der Waals surface area contributed by atoms with Gasteiger partial charge in [0.1, 0.15) is 6.61 Å². The molecule has 0 heterocycles. The average Bonchev–Trinajstić information content (AvgIpc) is 2.58. The molecule has 0 spiro atoms. The summed E-state index contributed by atoms with van der Waals surface area (Å²) in [5, 5.41) is 2.67. The van der Waals surface area contributed by atoms with E-state index >= 15 is 0 Å². The van der Waals surface area contributed by atoms with Crippen LogP contribution in [0.5, 0.6) is 0 Å². The first-order chi connectivity index (χ1) is 10.7. The number of amides is 1. The Morgan fingerprint density at radius 2 is 1.59 bits per heavy atom. The molecule has 2 aromatic rings. The van der Waals surface area contributed by atoms with Gasteiger partial charge < -0.3 is 10.1 Å². The Morgan fingerprint density at radius 3 is 2.23 bits per heavy atom. The van der Waals surface area contributed by atoms with Crippen LogP contribution >= 0.6 is 24.0 Å². The van der Waals surface area contributed by atoms with E-state index in [2.05, 4.69) is 17.4 Å². The number of hydrogen-bond donors (Lipinski definition) is 1. The SMILES string of the molecule is O=C(NCC(=S)SCc1ccccc1)OCc1ccccc1. The van der Waals surface area contributed by atoms with Gasteiger partial charge in [-0.15, -0.1) is 11.8 Å². The molecule has 0 radical (unpaired) electrons. The van der Waals surface area contributed by atoms with Crippen LogP contribution in [0.15, 0.2) is 60.7 Å². The highest BCUT2D eigenvalue weighted by Gasteiger charge is 2.05. The summed E-state index contributed by atoms with van der Waals surface area (Å²) < 4.78 is 5.86. The molecular formula is C17H17NO2S2. The number of thiocarbonyl (C=S) groups is 1. The first kappa shape index (κ1) is 16.5. The molecule has 0 aliphatic rings. The Bertz CT molecular complexity index is 547. The predicted octanol–water partition coefficient (Wildman–Crippen LogP) is 4.17. The molecule has 0 bridgehead atoms. The molecule has 114 valence electrons. The highest BCUT2D eigenvalue weighted by Crippen LogP contribution is 2.13. The lowest BCUT2D eigenvalue weighted by Crippen LogP contribution is -2.28. The quantitative estimate of drug-likeness (QED) is 0.806. The molecule has 3 nitrogen and oxygen atoms in total. The molecule has 2 aromatic carbocycles. The van der Waals surface area contributed by atoms with E-state index in [-0.39, 0.29) is 6.61 Å². The van der Waals surface area contributed by atoms with Crippen molar-refractivity contribution in [2.75, 3.05) is 6.54 Å². The van der Waals surface area contributed by atoms with Gasteiger partial charge in [-0.3, -0.25) is 0 Å². The molecule has 2 rings (SSSR count). The number of thioether (sulfide) groups is 1. The molecule has 5 heteroatoms. The van der Waals surface area contributed by atoms with E-state index in [9.17, 15) is 4.79 Å². The van der Waals surface area contributed by atoms with Crippen LogP contribution in [0.4, 0.5) is 4.79 Å². The zero-order valence-corrected chi connectivity index (χ0v) is 13.7. The van der Waals surface area contributed by atoms with Crippen LogP contribution in [-0.2, 0) is 17.1 Å². The zero-order chi connectivity index (χ0) is 15.6. The van der Waals surface area contributed by atoms with E-state index in [1.807, 2.05) is 48.5 Å². The topological polar surface area (TPSA) is 38.3 Å².